The number of ether oxygens (including phenoxy) is 1. The van der Waals surface area contributed by atoms with Gasteiger partial charge in [-0.15, -0.1) is 0 Å². The van der Waals surface area contributed by atoms with Gasteiger partial charge >= 0.3 is 5.97 Å². The topological polar surface area (TPSA) is 42.1 Å². The van der Waals surface area contributed by atoms with Crippen LogP contribution in [0.1, 0.15) is 5.56 Å². The van der Waals surface area contributed by atoms with Crippen LogP contribution >= 0.6 is 0 Å². The van der Waals surface area contributed by atoms with Crippen molar-refractivity contribution in [3.05, 3.63) is 48.0 Å². The molecule has 0 bridgehead atoms. The lowest BCUT2D eigenvalue weighted by atomic mass is 10.1. The standard InChI is InChI=1S/C16H11NO2/c1-19-16(18)9-7-11-6-8-15-13(10-11)12-4-2-3-5-14(12)17-15/h2-6,8,10,17H,1H3. The Balaban J connectivity index is 2.16. The summed E-state index contributed by atoms with van der Waals surface area (Å²) in [6, 6.07) is 13.9. The number of hydrogen-bond acceptors (Lipinski definition) is 2. The van der Waals surface area contributed by atoms with E-state index in [0.717, 1.165) is 27.4 Å². The van der Waals surface area contributed by atoms with E-state index in [4.69, 9.17) is 0 Å². The summed E-state index contributed by atoms with van der Waals surface area (Å²) in [4.78, 5) is 14.4. The summed E-state index contributed by atoms with van der Waals surface area (Å²) >= 11 is 0. The Bertz CT molecular complexity index is 834. The van der Waals surface area contributed by atoms with Gasteiger partial charge in [0.25, 0.3) is 0 Å². The van der Waals surface area contributed by atoms with Crippen molar-refractivity contribution in [1.29, 1.82) is 0 Å². The Hall–Kier alpha value is -2.73. The van der Waals surface area contributed by atoms with E-state index in [9.17, 15) is 4.79 Å². The van der Waals surface area contributed by atoms with Gasteiger partial charge in [-0.3, -0.25) is 0 Å². The Labute approximate surface area is 110 Å². The van der Waals surface area contributed by atoms with Gasteiger partial charge in [0.05, 0.1) is 7.11 Å². The highest BCUT2D eigenvalue weighted by Crippen LogP contribution is 2.25. The largest absolute Gasteiger partial charge is 0.459 e. The van der Waals surface area contributed by atoms with Crippen molar-refractivity contribution in [2.45, 2.75) is 0 Å². The number of para-hydroxylation sites is 1. The van der Waals surface area contributed by atoms with Crippen LogP contribution in [0.3, 0.4) is 0 Å². The number of esters is 1. The average molecular weight is 249 g/mol. The molecule has 92 valence electrons. The first-order valence-electron chi connectivity index (χ1n) is 5.88. The number of carbonyl (C=O) groups is 1. The highest BCUT2D eigenvalue weighted by molar-refractivity contribution is 6.07. The number of aromatic nitrogens is 1. The van der Waals surface area contributed by atoms with Crippen LogP contribution in [0.4, 0.5) is 0 Å². The molecule has 1 N–H and O–H groups in total. The molecule has 3 nitrogen and oxygen atoms in total. The van der Waals surface area contributed by atoms with Gasteiger partial charge in [0, 0.05) is 33.3 Å². The van der Waals surface area contributed by atoms with Crippen molar-refractivity contribution in [2.75, 3.05) is 7.11 Å². The highest BCUT2D eigenvalue weighted by atomic mass is 16.5. The molecule has 0 amide bonds. The smallest absolute Gasteiger partial charge is 0.384 e. The van der Waals surface area contributed by atoms with E-state index in [0.29, 0.717) is 0 Å². The van der Waals surface area contributed by atoms with Crippen LogP contribution in [-0.2, 0) is 9.53 Å². The van der Waals surface area contributed by atoms with Crippen LogP contribution in [0.5, 0.6) is 0 Å². The number of benzene rings is 2. The van der Waals surface area contributed by atoms with Gasteiger partial charge < -0.3 is 9.72 Å². The Morgan fingerprint density at radius 2 is 1.89 bits per heavy atom. The molecule has 3 aromatic rings. The van der Waals surface area contributed by atoms with Crippen LogP contribution < -0.4 is 0 Å². The fourth-order valence-corrected chi connectivity index (χ4v) is 2.10. The maximum atomic E-state index is 11.0. The first-order valence-corrected chi connectivity index (χ1v) is 5.88. The van der Waals surface area contributed by atoms with Crippen molar-refractivity contribution in [3.8, 4) is 11.8 Å². The van der Waals surface area contributed by atoms with Crippen LogP contribution in [0.15, 0.2) is 42.5 Å². The maximum absolute atomic E-state index is 11.0. The zero-order valence-electron chi connectivity index (χ0n) is 10.4. The number of rotatable bonds is 0. The quantitative estimate of drug-likeness (QED) is 0.491. The summed E-state index contributed by atoms with van der Waals surface area (Å²) in [5, 5.41) is 2.26. The number of fused-ring (bicyclic) bond motifs is 3. The van der Waals surface area contributed by atoms with Crippen molar-refractivity contribution < 1.29 is 9.53 Å². The first kappa shape index (κ1) is 11.4. The van der Waals surface area contributed by atoms with Crippen LogP contribution in [0, 0.1) is 11.8 Å². The summed E-state index contributed by atoms with van der Waals surface area (Å²) in [5.41, 5.74) is 2.95. The van der Waals surface area contributed by atoms with Gasteiger partial charge in [0.1, 0.15) is 0 Å². The van der Waals surface area contributed by atoms with Gasteiger partial charge in [-0.25, -0.2) is 4.79 Å². The van der Waals surface area contributed by atoms with Gasteiger partial charge in [0.15, 0.2) is 0 Å². The molecule has 0 aliphatic carbocycles. The molecule has 0 aliphatic heterocycles. The number of methoxy groups -OCH3 is 1. The Kier molecular flexibility index (Phi) is 2.70. The Morgan fingerprint density at radius 1 is 1.11 bits per heavy atom. The molecule has 0 atom stereocenters. The second-order valence-corrected chi connectivity index (χ2v) is 4.17. The summed E-state index contributed by atoms with van der Waals surface area (Å²) in [6.07, 6.45) is 0. The number of aromatic amines is 1. The summed E-state index contributed by atoms with van der Waals surface area (Å²) in [7, 11) is 1.32. The molecule has 0 unspecified atom stereocenters. The third-order valence-electron chi connectivity index (χ3n) is 3.00. The molecule has 0 aliphatic rings. The molecular weight excluding hydrogens is 238 g/mol. The lowest BCUT2D eigenvalue weighted by Crippen LogP contribution is -1.94. The van der Waals surface area contributed by atoms with Gasteiger partial charge in [-0.1, -0.05) is 24.1 Å². The van der Waals surface area contributed by atoms with Crippen LogP contribution in [0.25, 0.3) is 21.8 Å². The minimum atomic E-state index is -0.529. The molecule has 1 heterocycles. The molecule has 0 radical (unpaired) electrons. The van der Waals surface area contributed by atoms with E-state index < -0.39 is 5.97 Å². The minimum absolute atomic E-state index is 0.529. The maximum Gasteiger partial charge on any atom is 0.384 e. The van der Waals surface area contributed by atoms with Crippen molar-refractivity contribution in [3.63, 3.8) is 0 Å². The van der Waals surface area contributed by atoms with E-state index in [1.165, 1.54) is 7.11 Å². The van der Waals surface area contributed by atoms with E-state index in [1.54, 1.807) is 0 Å². The molecule has 3 rings (SSSR count). The number of hydrogen-bond donors (Lipinski definition) is 1. The SMILES string of the molecule is COC(=O)C#Cc1ccc2[nH]c3ccccc3c2c1. The number of H-pyrrole nitrogens is 1. The van der Waals surface area contributed by atoms with Crippen LogP contribution in [0.2, 0.25) is 0 Å². The minimum Gasteiger partial charge on any atom is -0.459 e. The molecule has 19 heavy (non-hydrogen) atoms. The number of carbonyl (C=O) groups excluding carboxylic acids is 1. The van der Waals surface area contributed by atoms with E-state index in [1.807, 2.05) is 36.4 Å². The molecule has 2 aromatic carbocycles. The summed E-state index contributed by atoms with van der Waals surface area (Å²) in [6.45, 7) is 0. The van der Waals surface area contributed by atoms with E-state index >= 15 is 0 Å². The molecule has 0 saturated carbocycles. The lowest BCUT2D eigenvalue weighted by molar-refractivity contribution is -0.133. The van der Waals surface area contributed by atoms with E-state index in [-0.39, 0.29) is 0 Å². The van der Waals surface area contributed by atoms with Gasteiger partial charge in [-0.05, 0) is 24.3 Å². The fourth-order valence-electron chi connectivity index (χ4n) is 2.10. The van der Waals surface area contributed by atoms with Gasteiger partial charge in [0.2, 0.25) is 0 Å². The molecule has 0 fully saturated rings. The van der Waals surface area contributed by atoms with Crippen molar-refractivity contribution >= 4 is 27.8 Å². The van der Waals surface area contributed by atoms with Crippen molar-refractivity contribution in [1.82, 2.24) is 4.98 Å². The first-order chi connectivity index (χ1) is 9.28. The molecule has 0 saturated heterocycles. The highest BCUT2D eigenvalue weighted by Gasteiger charge is 2.03. The normalized spacial score (nSPS) is 10.2. The third-order valence-corrected chi connectivity index (χ3v) is 3.00. The zero-order chi connectivity index (χ0) is 13.2. The average Bonchev–Trinajstić information content (AvgIpc) is 2.82. The summed E-state index contributed by atoms with van der Waals surface area (Å²) in [5.74, 6) is 4.71. The van der Waals surface area contributed by atoms with Gasteiger partial charge in [-0.2, -0.15) is 0 Å². The predicted octanol–water partition coefficient (Wildman–Crippen LogP) is 2.85. The second kappa shape index (κ2) is 4.51. The monoisotopic (exact) mass is 249 g/mol. The molecule has 1 aromatic heterocycles. The fraction of sp³-hybridized carbons (Fsp3) is 0.0625. The second-order valence-electron chi connectivity index (χ2n) is 4.17. The molecule has 3 heteroatoms. The zero-order valence-corrected chi connectivity index (χ0v) is 10.4. The molecule has 0 spiro atoms. The van der Waals surface area contributed by atoms with Crippen LogP contribution in [-0.4, -0.2) is 18.1 Å². The molecular formula is C16H11NO2. The third kappa shape index (κ3) is 2.04. The number of nitrogens with one attached hydrogen (secondary N) is 1. The summed E-state index contributed by atoms with van der Waals surface area (Å²) < 4.78 is 4.50. The Morgan fingerprint density at radius 3 is 2.74 bits per heavy atom. The van der Waals surface area contributed by atoms with E-state index in [2.05, 4.69) is 27.6 Å². The lowest BCUT2D eigenvalue weighted by Gasteiger charge is -1.93. The predicted molar refractivity (Wildman–Crippen MR) is 74.7 cm³/mol. The van der Waals surface area contributed by atoms with Crippen molar-refractivity contribution in [2.24, 2.45) is 0 Å².